The smallest absolute Gasteiger partial charge is 0.251 e. The van der Waals surface area contributed by atoms with Gasteiger partial charge in [0.15, 0.2) is 0 Å². The van der Waals surface area contributed by atoms with Crippen LogP contribution in [0.5, 0.6) is 0 Å². The normalized spacial score (nSPS) is 11.7. The summed E-state index contributed by atoms with van der Waals surface area (Å²) in [5.74, 6) is 6.39. The first-order valence-corrected chi connectivity index (χ1v) is 7.45. The fraction of sp³-hybridized carbons (Fsp3) is 0.500. The van der Waals surface area contributed by atoms with Crippen LogP contribution in [0.4, 0.5) is 0 Å². The Bertz CT molecular complexity index is 538. The molecule has 1 amide bonds. The van der Waals surface area contributed by atoms with Gasteiger partial charge in [0.25, 0.3) is 5.91 Å². The monoisotopic (exact) mass is 287 g/mol. The van der Waals surface area contributed by atoms with Crippen molar-refractivity contribution >= 4 is 5.91 Å². The Kier molecular flexibility index (Phi) is 6.98. The summed E-state index contributed by atoms with van der Waals surface area (Å²) in [7, 11) is 0. The molecule has 1 unspecified atom stereocenters. The van der Waals surface area contributed by atoms with E-state index < -0.39 is 0 Å². The summed E-state index contributed by atoms with van der Waals surface area (Å²) >= 11 is 0. The van der Waals surface area contributed by atoms with Crippen LogP contribution >= 0.6 is 0 Å². The Morgan fingerprint density at radius 1 is 1.33 bits per heavy atom. The van der Waals surface area contributed by atoms with Crippen molar-refractivity contribution in [2.75, 3.05) is 6.61 Å². The molecule has 0 aliphatic heterocycles. The van der Waals surface area contributed by atoms with E-state index in [1.165, 1.54) is 0 Å². The molecule has 21 heavy (non-hydrogen) atoms. The molecule has 0 aliphatic carbocycles. The van der Waals surface area contributed by atoms with Crippen LogP contribution in [0.1, 0.15) is 55.1 Å². The predicted molar refractivity (Wildman–Crippen MR) is 86.1 cm³/mol. The largest absolute Gasteiger partial charge is 0.395 e. The number of carbonyl (C=O) groups excluding carboxylic acids is 1. The van der Waals surface area contributed by atoms with Gasteiger partial charge in [0.1, 0.15) is 0 Å². The second-order valence-electron chi connectivity index (χ2n) is 5.81. The number of hydrogen-bond donors (Lipinski definition) is 2. The van der Waals surface area contributed by atoms with E-state index in [0.717, 1.165) is 17.5 Å². The second kappa shape index (κ2) is 8.49. The third kappa shape index (κ3) is 6.01. The number of hydrogen-bond acceptors (Lipinski definition) is 2. The quantitative estimate of drug-likeness (QED) is 0.818. The summed E-state index contributed by atoms with van der Waals surface area (Å²) in [6.45, 7) is 8.33. The van der Waals surface area contributed by atoms with Gasteiger partial charge in [-0.2, -0.15) is 0 Å². The third-order valence-corrected chi connectivity index (χ3v) is 3.16. The molecule has 0 spiro atoms. The van der Waals surface area contributed by atoms with Crippen molar-refractivity contribution in [3.05, 3.63) is 34.9 Å². The lowest BCUT2D eigenvalue weighted by Crippen LogP contribution is -2.33. The van der Waals surface area contributed by atoms with Crippen molar-refractivity contribution < 1.29 is 9.90 Å². The van der Waals surface area contributed by atoms with Crippen molar-refractivity contribution in [2.24, 2.45) is 5.92 Å². The number of carbonyl (C=O) groups is 1. The van der Waals surface area contributed by atoms with Crippen LogP contribution in [0, 0.1) is 24.7 Å². The van der Waals surface area contributed by atoms with E-state index in [4.69, 9.17) is 5.11 Å². The molecular formula is C18H25NO2. The van der Waals surface area contributed by atoms with E-state index in [0.29, 0.717) is 17.9 Å². The van der Waals surface area contributed by atoms with Crippen LogP contribution in [-0.2, 0) is 0 Å². The first kappa shape index (κ1) is 17.3. The SMILES string of the molecule is Cc1ccc(C(=O)NC(C)CC(C)C)cc1C#CCCO. The maximum atomic E-state index is 12.2. The van der Waals surface area contributed by atoms with Gasteiger partial charge in [0, 0.05) is 23.6 Å². The standard InChI is InChI=1S/C18H25NO2/c1-13(2)11-15(4)19-18(21)17-9-8-14(3)16(12-17)7-5-6-10-20/h8-9,12-13,15,20H,6,10-11H2,1-4H3,(H,19,21). The molecule has 0 heterocycles. The zero-order valence-electron chi connectivity index (χ0n) is 13.4. The molecule has 1 aromatic carbocycles. The topological polar surface area (TPSA) is 49.3 Å². The Morgan fingerprint density at radius 3 is 2.67 bits per heavy atom. The van der Waals surface area contributed by atoms with Gasteiger partial charge in [0.2, 0.25) is 0 Å². The van der Waals surface area contributed by atoms with E-state index >= 15 is 0 Å². The van der Waals surface area contributed by atoms with Gasteiger partial charge >= 0.3 is 0 Å². The molecule has 1 aromatic rings. The molecule has 0 radical (unpaired) electrons. The summed E-state index contributed by atoms with van der Waals surface area (Å²) in [5.41, 5.74) is 2.50. The molecule has 0 saturated heterocycles. The molecule has 0 saturated carbocycles. The molecule has 1 rings (SSSR count). The number of amides is 1. The van der Waals surface area contributed by atoms with Crippen molar-refractivity contribution in [3.63, 3.8) is 0 Å². The minimum atomic E-state index is -0.0617. The van der Waals surface area contributed by atoms with Crippen LogP contribution in [0.15, 0.2) is 18.2 Å². The van der Waals surface area contributed by atoms with Crippen molar-refractivity contribution in [3.8, 4) is 11.8 Å². The van der Waals surface area contributed by atoms with Gasteiger partial charge in [-0.3, -0.25) is 4.79 Å². The Hall–Kier alpha value is -1.79. The van der Waals surface area contributed by atoms with Crippen molar-refractivity contribution in [1.82, 2.24) is 5.32 Å². The van der Waals surface area contributed by atoms with Crippen molar-refractivity contribution in [2.45, 2.75) is 46.6 Å². The van der Waals surface area contributed by atoms with Crippen LogP contribution in [0.3, 0.4) is 0 Å². The summed E-state index contributed by atoms with van der Waals surface area (Å²) in [6, 6.07) is 5.70. The van der Waals surface area contributed by atoms with E-state index in [1.54, 1.807) is 0 Å². The fourth-order valence-electron chi connectivity index (χ4n) is 2.18. The Labute approximate surface area is 127 Å². The van der Waals surface area contributed by atoms with Crippen molar-refractivity contribution in [1.29, 1.82) is 0 Å². The minimum absolute atomic E-state index is 0.0545. The molecule has 0 aromatic heterocycles. The van der Waals surface area contributed by atoms with Gasteiger partial charge in [-0.25, -0.2) is 0 Å². The maximum absolute atomic E-state index is 12.2. The average Bonchev–Trinajstić information content (AvgIpc) is 2.39. The van der Waals surface area contributed by atoms with Crippen LogP contribution in [0.25, 0.3) is 0 Å². The lowest BCUT2D eigenvalue weighted by atomic mass is 10.0. The van der Waals surface area contributed by atoms with E-state index in [9.17, 15) is 4.79 Å². The number of aryl methyl sites for hydroxylation is 1. The molecule has 2 N–H and O–H groups in total. The molecule has 3 heteroatoms. The second-order valence-corrected chi connectivity index (χ2v) is 5.81. The molecule has 0 aliphatic rings. The lowest BCUT2D eigenvalue weighted by Gasteiger charge is -2.16. The first-order chi connectivity index (χ1) is 9.93. The van der Waals surface area contributed by atoms with E-state index in [-0.39, 0.29) is 18.6 Å². The highest BCUT2D eigenvalue weighted by molar-refractivity contribution is 5.94. The van der Waals surface area contributed by atoms with Gasteiger partial charge in [0.05, 0.1) is 6.61 Å². The zero-order chi connectivity index (χ0) is 15.8. The average molecular weight is 287 g/mol. The molecule has 114 valence electrons. The highest BCUT2D eigenvalue weighted by Gasteiger charge is 2.11. The zero-order valence-corrected chi connectivity index (χ0v) is 13.4. The molecule has 0 bridgehead atoms. The summed E-state index contributed by atoms with van der Waals surface area (Å²) in [4.78, 5) is 12.2. The Morgan fingerprint density at radius 2 is 2.05 bits per heavy atom. The Balaban J connectivity index is 2.82. The summed E-state index contributed by atoms with van der Waals surface area (Å²) < 4.78 is 0. The predicted octanol–water partition coefficient (Wildman–Crippen LogP) is 2.89. The fourth-order valence-corrected chi connectivity index (χ4v) is 2.18. The summed E-state index contributed by atoms with van der Waals surface area (Å²) in [6.07, 6.45) is 1.40. The minimum Gasteiger partial charge on any atom is -0.395 e. The first-order valence-electron chi connectivity index (χ1n) is 7.45. The molecule has 1 atom stereocenters. The lowest BCUT2D eigenvalue weighted by molar-refractivity contribution is 0.0936. The van der Waals surface area contributed by atoms with Gasteiger partial charge < -0.3 is 10.4 Å². The molecule has 0 fully saturated rings. The highest BCUT2D eigenvalue weighted by Crippen LogP contribution is 2.11. The molecular weight excluding hydrogens is 262 g/mol. The number of benzene rings is 1. The number of aliphatic hydroxyl groups is 1. The highest BCUT2D eigenvalue weighted by atomic mass is 16.2. The van der Waals surface area contributed by atoms with Gasteiger partial charge in [-0.05, 0) is 43.9 Å². The third-order valence-electron chi connectivity index (χ3n) is 3.16. The number of aliphatic hydroxyl groups excluding tert-OH is 1. The van der Waals surface area contributed by atoms with Gasteiger partial charge in [-0.15, -0.1) is 0 Å². The van der Waals surface area contributed by atoms with E-state index in [2.05, 4.69) is 31.0 Å². The van der Waals surface area contributed by atoms with Gasteiger partial charge in [-0.1, -0.05) is 31.8 Å². The summed E-state index contributed by atoms with van der Waals surface area (Å²) in [5, 5.41) is 11.8. The maximum Gasteiger partial charge on any atom is 0.251 e. The molecule has 3 nitrogen and oxygen atoms in total. The van der Waals surface area contributed by atoms with Crippen LogP contribution < -0.4 is 5.32 Å². The van der Waals surface area contributed by atoms with Crippen LogP contribution in [-0.4, -0.2) is 23.7 Å². The van der Waals surface area contributed by atoms with E-state index in [1.807, 2.05) is 32.0 Å². The van der Waals surface area contributed by atoms with Crippen LogP contribution in [0.2, 0.25) is 0 Å². The number of rotatable bonds is 5. The number of nitrogens with one attached hydrogen (secondary N) is 1.